The van der Waals surface area contributed by atoms with E-state index in [1.165, 1.54) is 11.1 Å². The molecule has 104 valence electrons. The highest BCUT2D eigenvalue weighted by atomic mass is 32.1. The molecule has 3 rings (SSSR count). The second kappa shape index (κ2) is 5.26. The molecule has 1 unspecified atom stereocenters. The van der Waals surface area contributed by atoms with Crippen LogP contribution in [0, 0.1) is 0 Å². The topological polar surface area (TPSA) is 44.4 Å². The summed E-state index contributed by atoms with van der Waals surface area (Å²) in [7, 11) is 3.77. The number of nitrogens with zero attached hydrogens (tertiary/aromatic N) is 1. The van der Waals surface area contributed by atoms with Crippen LogP contribution in [0.2, 0.25) is 0 Å². The van der Waals surface area contributed by atoms with Gasteiger partial charge in [-0.2, -0.15) is 11.3 Å². The van der Waals surface area contributed by atoms with Crippen molar-refractivity contribution in [3.8, 4) is 0 Å². The first-order chi connectivity index (χ1) is 9.69. The zero-order chi connectivity index (χ0) is 14.1. The number of carbonyl (C=O) groups is 1. The molecule has 0 bridgehead atoms. The number of nitrogens with one attached hydrogen (secondary N) is 2. The van der Waals surface area contributed by atoms with Gasteiger partial charge in [-0.3, -0.25) is 0 Å². The lowest BCUT2D eigenvalue weighted by Crippen LogP contribution is -2.35. The highest BCUT2D eigenvalue weighted by Crippen LogP contribution is 2.29. The van der Waals surface area contributed by atoms with Crippen molar-refractivity contribution in [1.29, 1.82) is 0 Å². The highest BCUT2D eigenvalue weighted by Gasteiger charge is 2.21. The Morgan fingerprint density at radius 1 is 1.35 bits per heavy atom. The third-order valence-electron chi connectivity index (χ3n) is 3.62. The lowest BCUT2D eigenvalue weighted by Gasteiger charge is -2.27. The molecule has 2 heterocycles. The number of amides is 2. The Labute approximate surface area is 122 Å². The molecule has 20 heavy (non-hydrogen) atoms. The van der Waals surface area contributed by atoms with Gasteiger partial charge in [-0.05, 0) is 46.6 Å². The summed E-state index contributed by atoms with van der Waals surface area (Å²) in [6.07, 6.45) is 0. The monoisotopic (exact) mass is 287 g/mol. The predicted molar refractivity (Wildman–Crippen MR) is 82.1 cm³/mol. The minimum absolute atomic E-state index is 0.0479. The molecule has 2 amide bonds. The first-order valence-electron chi connectivity index (χ1n) is 6.53. The van der Waals surface area contributed by atoms with E-state index < -0.39 is 0 Å². The van der Waals surface area contributed by atoms with Gasteiger partial charge in [0.15, 0.2) is 0 Å². The van der Waals surface area contributed by atoms with E-state index in [0.29, 0.717) is 6.54 Å². The van der Waals surface area contributed by atoms with E-state index in [1.807, 2.05) is 13.1 Å². The van der Waals surface area contributed by atoms with Gasteiger partial charge in [0.05, 0.1) is 6.04 Å². The molecule has 0 radical (unpaired) electrons. The molecule has 1 atom stereocenters. The normalized spacial score (nSPS) is 15.7. The minimum atomic E-state index is -0.0479. The van der Waals surface area contributed by atoms with Crippen LogP contribution in [0.4, 0.5) is 10.5 Å². The van der Waals surface area contributed by atoms with Crippen LogP contribution < -0.4 is 10.6 Å². The molecule has 0 saturated carbocycles. The third kappa shape index (κ3) is 2.30. The number of fused-ring (bicyclic) bond motifs is 1. The predicted octanol–water partition coefficient (Wildman–Crippen LogP) is 3.03. The van der Waals surface area contributed by atoms with Gasteiger partial charge in [-0.25, -0.2) is 4.79 Å². The summed E-state index contributed by atoms with van der Waals surface area (Å²) in [4.78, 5) is 13.3. The summed E-state index contributed by atoms with van der Waals surface area (Å²) in [6.45, 7) is 0.648. The Morgan fingerprint density at radius 2 is 2.20 bits per heavy atom. The molecule has 0 saturated heterocycles. The van der Waals surface area contributed by atoms with Gasteiger partial charge >= 0.3 is 6.03 Å². The summed E-state index contributed by atoms with van der Waals surface area (Å²) < 4.78 is 0. The van der Waals surface area contributed by atoms with Gasteiger partial charge in [-0.1, -0.05) is 12.1 Å². The van der Waals surface area contributed by atoms with Crippen molar-refractivity contribution in [2.45, 2.75) is 12.6 Å². The summed E-state index contributed by atoms with van der Waals surface area (Å²) in [5.41, 5.74) is 4.55. The first kappa shape index (κ1) is 13.1. The van der Waals surface area contributed by atoms with Crippen molar-refractivity contribution < 1.29 is 4.79 Å². The molecule has 1 aliphatic heterocycles. The average molecular weight is 287 g/mol. The van der Waals surface area contributed by atoms with Crippen molar-refractivity contribution in [3.05, 3.63) is 51.7 Å². The van der Waals surface area contributed by atoms with Gasteiger partial charge in [0.2, 0.25) is 0 Å². The minimum Gasteiger partial charge on any atom is -0.323 e. The number of anilines is 1. The summed E-state index contributed by atoms with van der Waals surface area (Å²) in [5.74, 6) is 0. The molecular weight excluding hydrogens is 270 g/mol. The Hall–Kier alpha value is -1.85. The Morgan fingerprint density at radius 3 is 2.90 bits per heavy atom. The first-order valence-corrected chi connectivity index (χ1v) is 7.47. The molecule has 4 nitrogen and oxygen atoms in total. The number of hydrogen-bond donors (Lipinski definition) is 2. The van der Waals surface area contributed by atoms with E-state index in [2.05, 4.69) is 39.6 Å². The van der Waals surface area contributed by atoms with Crippen molar-refractivity contribution in [3.63, 3.8) is 0 Å². The fourth-order valence-electron chi connectivity index (χ4n) is 2.55. The van der Waals surface area contributed by atoms with Crippen LogP contribution in [-0.4, -0.2) is 25.0 Å². The van der Waals surface area contributed by atoms with Gasteiger partial charge in [0, 0.05) is 19.3 Å². The summed E-state index contributed by atoms with van der Waals surface area (Å²) in [5, 5.41) is 10.5. The molecule has 1 aromatic carbocycles. The number of thiophene rings is 1. The van der Waals surface area contributed by atoms with Crippen molar-refractivity contribution in [1.82, 2.24) is 10.2 Å². The Balaban J connectivity index is 1.96. The summed E-state index contributed by atoms with van der Waals surface area (Å²) >= 11 is 1.70. The number of rotatable bonds is 3. The van der Waals surface area contributed by atoms with Crippen LogP contribution in [0.5, 0.6) is 0 Å². The van der Waals surface area contributed by atoms with Crippen molar-refractivity contribution in [2.75, 3.05) is 19.4 Å². The maximum Gasteiger partial charge on any atom is 0.321 e. The van der Waals surface area contributed by atoms with E-state index in [-0.39, 0.29) is 12.1 Å². The molecule has 0 fully saturated rings. The van der Waals surface area contributed by atoms with Gasteiger partial charge in [0.25, 0.3) is 0 Å². The Kier molecular flexibility index (Phi) is 3.46. The lowest BCUT2D eigenvalue weighted by molar-refractivity contribution is 0.218. The quantitative estimate of drug-likeness (QED) is 0.911. The largest absolute Gasteiger partial charge is 0.323 e. The maximum absolute atomic E-state index is 11.6. The van der Waals surface area contributed by atoms with Crippen LogP contribution in [-0.2, 0) is 6.54 Å². The molecule has 2 N–H and O–H groups in total. The number of carbonyl (C=O) groups excluding carboxylic acids is 1. The van der Waals surface area contributed by atoms with Gasteiger partial charge in [0.1, 0.15) is 0 Å². The number of hydrogen-bond acceptors (Lipinski definition) is 3. The van der Waals surface area contributed by atoms with Crippen molar-refractivity contribution >= 4 is 23.1 Å². The zero-order valence-corrected chi connectivity index (χ0v) is 12.3. The molecule has 1 aliphatic rings. The Bertz CT molecular complexity index is 624. The molecule has 1 aromatic heterocycles. The fraction of sp³-hybridized carbons (Fsp3) is 0.267. The van der Waals surface area contributed by atoms with Crippen LogP contribution in [0.25, 0.3) is 0 Å². The second-order valence-corrected chi connectivity index (χ2v) is 5.76. The lowest BCUT2D eigenvalue weighted by atomic mass is 9.97. The number of urea groups is 1. The fourth-order valence-corrected chi connectivity index (χ4v) is 3.24. The van der Waals surface area contributed by atoms with Crippen LogP contribution >= 0.6 is 11.3 Å². The van der Waals surface area contributed by atoms with E-state index in [9.17, 15) is 4.79 Å². The van der Waals surface area contributed by atoms with Gasteiger partial charge in [-0.15, -0.1) is 0 Å². The molecule has 0 aliphatic carbocycles. The van der Waals surface area contributed by atoms with Crippen molar-refractivity contribution in [2.24, 2.45) is 0 Å². The third-order valence-corrected chi connectivity index (χ3v) is 4.33. The van der Waals surface area contributed by atoms with E-state index in [1.54, 1.807) is 23.3 Å². The molecule has 5 heteroatoms. The second-order valence-electron chi connectivity index (χ2n) is 4.98. The maximum atomic E-state index is 11.6. The average Bonchev–Trinajstić information content (AvgIpc) is 2.95. The standard InChI is InChI=1S/C15H17N3OS/c1-16-14(11-5-6-20-9-11)10-3-4-13-12(7-10)8-18(2)15(19)17-13/h3-7,9,14,16H,8H2,1-2H3,(H,17,19). The van der Waals surface area contributed by atoms with Gasteiger partial charge < -0.3 is 15.5 Å². The zero-order valence-electron chi connectivity index (χ0n) is 11.5. The molecular formula is C15H17N3OS. The van der Waals surface area contributed by atoms with Crippen LogP contribution in [0.15, 0.2) is 35.0 Å². The molecule has 0 spiro atoms. The SMILES string of the molecule is CNC(c1ccsc1)c1ccc2c(c1)CN(C)C(=O)N2. The smallest absolute Gasteiger partial charge is 0.321 e. The van der Waals surface area contributed by atoms with Crippen LogP contribution in [0.3, 0.4) is 0 Å². The van der Waals surface area contributed by atoms with Crippen LogP contribution in [0.1, 0.15) is 22.7 Å². The molecule has 2 aromatic rings. The number of benzene rings is 1. The highest BCUT2D eigenvalue weighted by molar-refractivity contribution is 7.08. The van der Waals surface area contributed by atoms with E-state index in [0.717, 1.165) is 11.3 Å². The van der Waals surface area contributed by atoms with E-state index in [4.69, 9.17) is 0 Å². The van der Waals surface area contributed by atoms with E-state index >= 15 is 0 Å². The summed E-state index contributed by atoms with van der Waals surface area (Å²) in [6, 6.07) is 8.52.